The van der Waals surface area contributed by atoms with E-state index in [1.54, 1.807) is 0 Å². The van der Waals surface area contributed by atoms with E-state index < -0.39 is 0 Å². The maximum Gasteiger partial charge on any atom is 0.219 e. The normalized spacial score (nSPS) is 25.9. The van der Waals surface area contributed by atoms with Crippen LogP contribution in [-0.2, 0) is 16.2 Å². The van der Waals surface area contributed by atoms with Crippen LogP contribution in [0.25, 0.3) is 11.0 Å². The molecule has 1 aliphatic heterocycles. The Morgan fingerprint density at radius 3 is 2.74 bits per heavy atom. The van der Waals surface area contributed by atoms with E-state index >= 15 is 0 Å². The first kappa shape index (κ1) is 20.3. The maximum absolute atomic E-state index is 11.7. The molecule has 2 N–H and O–H groups in total. The SMILES string of the molecule is CCC(=O)NC1CC2(CC(c3cnc4c(cnn4CC)c3NC3CCCCC3)=NO2)C1. The van der Waals surface area contributed by atoms with Gasteiger partial charge in [0, 0.05) is 56.1 Å². The van der Waals surface area contributed by atoms with Crippen LogP contribution in [0.1, 0.15) is 77.2 Å². The number of carbonyl (C=O) groups excluding carboxylic acids is 1. The third kappa shape index (κ3) is 3.77. The molecule has 166 valence electrons. The summed E-state index contributed by atoms with van der Waals surface area (Å²) >= 11 is 0. The summed E-state index contributed by atoms with van der Waals surface area (Å²) in [6.45, 7) is 4.75. The molecular formula is C23H32N6O2. The zero-order valence-electron chi connectivity index (χ0n) is 18.5. The van der Waals surface area contributed by atoms with Gasteiger partial charge in [-0.15, -0.1) is 0 Å². The maximum atomic E-state index is 11.7. The topological polar surface area (TPSA) is 93.4 Å². The molecule has 0 atom stereocenters. The first-order chi connectivity index (χ1) is 15.1. The molecule has 3 heterocycles. The minimum Gasteiger partial charge on any atom is -0.388 e. The summed E-state index contributed by atoms with van der Waals surface area (Å²) in [4.78, 5) is 22.4. The molecule has 3 aliphatic rings. The fraction of sp³-hybridized carbons (Fsp3) is 0.652. The largest absolute Gasteiger partial charge is 0.388 e. The number of fused-ring (bicyclic) bond motifs is 1. The molecule has 2 aliphatic carbocycles. The molecule has 8 heteroatoms. The Morgan fingerprint density at radius 2 is 2.00 bits per heavy atom. The van der Waals surface area contributed by atoms with Crippen molar-refractivity contribution in [1.29, 1.82) is 0 Å². The number of anilines is 1. The van der Waals surface area contributed by atoms with Gasteiger partial charge in [0.25, 0.3) is 0 Å². The Morgan fingerprint density at radius 1 is 1.19 bits per heavy atom. The number of aryl methyl sites for hydroxylation is 1. The van der Waals surface area contributed by atoms with Gasteiger partial charge in [0.1, 0.15) is 5.60 Å². The third-order valence-corrected chi connectivity index (χ3v) is 6.99. The van der Waals surface area contributed by atoms with Crippen LogP contribution in [0.3, 0.4) is 0 Å². The second kappa shape index (κ2) is 8.13. The van der Waals surface area contributed by atoms with Crippen molar-refractivity contribution in [2.75, 3.05) is 5.32 Å². The van der Waals surface area contributed by atoms with E-state index in [9.17, 15) is 4.79 Å². The number of carbonyl (C=O) groups is 1. The summed E-state index contributed by atoms with van der Waals surface area (Å²) in [5.74, 6) is 0.0977. The molecule has 0 unspecified atom stereocenters. The number of hydrogen-bond acceptors (Lipinski definition) is 6. The molecule has 1 spiro atoms. The second-order valence-corrected chi connectivity index (χ2v) is 9.24. The van der Waals surface area contributed by atoms with Crippen LogP contribution >= 0.6 is 0 Å². The summed E-state index contributed by atoms with van der Waals surface area (Å²) < 4.78 is 1.94. The molecule has 31 heavy (non-hydrogen) atoms. The van der Waals surface area contributed by atoms with E-state index in [4.69, 9.17) is 9.82 Å². The van der Waals surface area contributed by atoms with Gasteiger partial charge in [0.15, 0.2) is 5.65 Å². The number of nitrogens with one attached hydrogen (secondary N) is 2. The summed E-state index contributed by atoms with van der Waals surface area (Å²) in [7, 11) is 0. The first-order valence-corrected chi connectivity index (χ1v) is 11.8. The summed E-state index contributed by atoms with van der Waals surface area (Å²) in [5, 5.41) is 17.0. The minimum atomic E-state index is -0.286. The van der Waals surface area contributed by atoms with Gasteiger partial charge < -0.3 is 15.5 Å². The van der Waals surface area contributed by atoms with E-state index in [1.807, 2.05) is 24.0 Å². The Balaban J connectivity index is 1.39. The average molecular weight is 425 g/mol. The van der Waals surface area contributed by atoms with Gasteiger partial charge >= 0.3 is 0 Å². The predicted octanol–water partition coefficient (Wildman–Crippen LogP) is 3.75. The van der Waals surface area contributed by atoms with Crippen LogP contribution in [-0.4, -0.2) is 44.1 Å². The molecule has 5 rings (SSSR count). The first-order valence-electron chi connectivity index (χ1n) is 11.8. The van der Waals surface area contributed by atoms with Crippen molar-refractivity contribution >= 4 is 28.3 Å². The lowest BCUT2D eigenvalue weighted by molar-refractivity contribution is -0.128. The van der Waals surface area contributed by atoms with Crippen LogP contribution < -0.4 is 10.6 Å². The number of nitrogens with zero attached hydrogens (tertiary/aromatic N) is 4. The highest BCUT2D eigenvalue weighted by molar-refractivity contribution is 6.10. The van der Waals surface area contributed by atoms with Crippen LogP contribution in [0.2, 0.25) is 0 Å². The molecule has 2 aromatic rings. The highest BCUT2D eigenvalue weighted by atomic mass is 16.7. The lowest BCUT2D eigenvalue weighted by Crippen LogP contribution is -2.55. The van der Waals surface area contributed by atoms with Crippen molar-refractivity contribution in [3.63, 3.8) is 0 Å². The molecule has 2 fully saturated rings. The Hall–Kier alpha value is -2.64. The van der Waals surface area contributed by atoms with Crippen molar-refractivity contribution in [3.05, 3.63) is 18.0 Å². The zero-order valence-corrected chi connectivity index (χ0v) is 18.5. The van der Waals surface area contributed by atoms with Gasteiger partial charge in [-0.2, -0.15) is 5.10 Å². The molecule has 0 bridgehead atoms. The molecule has 1 amide bonds. The number of hydrogen-bond donors (Lipinski definition) is 2. The summed E-state index contributed by atoms with van der Waals surface area (Å²) in [5.41, 5.74) is 3.67. The highest BCUT2D eigenvalue weighted by Gasteiger charge is 2.51. The molecule has 0 saturated heterocycles. The van der Waals surface area contributed by atoms with Gasteiger partial charge in [0.2, 0.25) is 5.91 Å². The lowest BCUT2D eigenvalue weighted by Gasteiger charge is -2.42. The summed E-state index contributed by atoms with van der Waals surface area (Å²) in [6.07, 6.45) is 13.0. The fourth-order valence-corrected chi connectivity index (χ4v) is 5.24. The van der Waals surface area contributed by atoms with Gasteiger partial charge in [-0.1, -0.05) is 31.3 Å². The van der Waals surface area contributed by atoms with Gasteiger partial charge in [-0.3, -0.25) is 4.79 Å². The van der Waals surface area contributed by atoms with Crippen LogP contribution in [0.4, 0.5) is 5.69 Å². The van der Waals surface area contributed by atoms with E-state index in [-0.39, 0.29) is 17.6 Å². The Bertz CT molecular complexity index is 1000. The quantitative estimate of drug-likeness (QED) is 0.737. The van der Waals surface area contributed by atoms with Gasteiger partial charge in [-0.25, -0.2) is 9.67 Å². The number of aromatic nitrogens is 3. The smallest absolute Gasteiger partial charge is 0.219 e. The van der Waals surface area contributed by atoms with E-state index in [2.05, 4.69) is 27.8 Å². The van der Waals surface area contributed by atoms with Crippen LogP contribution in [0.15, 0.2) is 17.5 Å². The highest BCUT2D eigenvalue weighted by Crippen LogP contribution is 2.44. The molecule has 0 aromatic carbocycles. The third-order valence-electron chi connectivity index (χ3n) is 6.99. The minimum absolute atomic E-state index is 0.0977. The molecule has 2 aromatic heterocycles. The van der Waals surface area contributed by atoms with Crippen molar-refractivity contribution in [2.45, 2.75) is 95.9 Å². The number of amides is 1. The van der Waals surface area contributed by atoms with Crippen molar-refractivity contribution in [3.8, 4) is 0 Å². The Labute approximate surface area is 182 Å². The monoisotopic (exact) mass is 424 g/mol. The number of pyridine rings is 1. The predicted molar refractivity (Wildman–Crippen MR) is 120 cm³/mol. The fourth-order valence-electron chi connectivity index (χ4n) is 5.24. The standard InChI is InChI=1S/C23H32N6O2/c1-3-20(30)26-16-10-23(11-16)12-19(28-31-23)17-13-24-22-18(14-25-29(22)4-2)21(17)27-15-8-6-5-7-9-15/h13-16H,3-12H2,1-2H3,(H,24,27)(H,26,30). The zero-order chi connectivity index (χ0) is 21.4. The average Bonchev–Trinajstić information content (AvgIpc) is 3.39. The van der Waals surface area contributed by atoms with Crippen LogP contribution in [0, 0.1) is 0 Å². The summed E-state index contributed by atoms with van der Waals surface area (Å²) in [6, 6.07) is 0.655. The number of oxime groups is 1. The van der Waals surface area contributed by atoms with Crippen molar-refractivity contribution in [1.82, 2.24) is 20.1 Å². The van der Waals surface area contributed by atoms with E-state index in [1.165, 1.54) is 32.1 Å². The lowest BCUT2D eigenvalue weighted by atomic mass is 9.72. The van der Waals surface area contributed by atoms with Gasteiger partial charge in [-0.05, 0) is 19.8 Å². The number of rotatable bonds is 6. The molecule has 0 radical (unpaired) electrons. The van der Waals surface area contributed by atoms with E-state index in [0.29, 0.717) is 12.5 Å². The van der Waals surface area contributed by atoms with Crippen molar-refractivity contribution in [2.24, 2.45) is 5.16 Å². The van der Waals surface area contributed by atoms with Gasteiger partial charge in [0.05, 0.1) is 23.0 Å². The van der Waals surface area contributed by atoms with Crippen LogP contribution in [0.5, 0.6) is 0 Å². The second-order valence-electron chi connectivity index (χ2n) is 9.24. The van der Waals surface area contributed by atoms with E-state index in [0.717, 1.165) is 53.8 Å². The molecular weight excluding hydrogens is 392 g/mol. The molecule has 8 nitrogen and oxygen atoms in total. The molecule has 2 saturated carbocycles. The van der Waals surface area contributed by atoms with Crippen molar-refractivity contribution < 1.29 is 9.63 Å². The Kier molecular flexibility index (Phi) is 5.32.